The molecule has 1 amide bonds. The van der Waals surface area contributed by atoms with Crippen LogP contribution >= 0.6 is 0 Å². The number of nitrogens with one attached hydrogen (secondary N) is 1. The number of amides is 1. The number of aromatic amines is 1. The lowest BCUT2D eigenvalue weighted by Gasteiger charge is -2.33. The Bertz CT molecular complexity index is 689. The zero-order valence-electron chi connectivity index (χ0n) is 11.2. The van der Waals surface area contributed by atoms with Crippen molar-refractivity contribution in [3.05, 3.63) is 35.5 Å². The molecule has 5 nitrogen and oxygen atoms in total. The maximum absolute atomic E-state index is 12.0. The van der Waals surface area contributed by atoms with Crippen molar-refractivity contribution in [3.8, 4) is 0 Å². The van der Waals surface area contributed by atoms with E-state index in [1.807, 2.05) is 24.3 Å². The highest BCUT2D eigenvalue weighted by molar-refractivity contribution is 5.90. The van der Waals surface area contributed by atoms with Crippen molar-refractivity contribution >= 4 is 22.8 Å². The third-order valence-corrected chi connectivity index (χ3v) is 3.89. The quantitative estimate of drug-likeness (QED) is 0.879. The Morgan fingerprint density at radius 2 is 2.15 bits per heavy atom. The number of benzene rings is 1. The highest BCUT2D eigenvalue weighted by Gasteiger charge is 2.37. The summed E-state index contributed by atoms with van der Waals surface area (Å²) in [5.74, 6) is -1.11. The predicted octanol–water partition coefficient (Wildman–Crippen LogP) is 2.09. The van der Waals surface area contributed by atoms with Gasteiger partial charge in [-0.25, -0.2) is 4.79 Å². The number of carboxylic acids is 1. The summed E-state index contributed by atoms with van der Waals surface area (Å²) in [6.07, 6.45) is 1.01. The molecule has 0 bridgehead atoms. The van der Waals surface area contributed by atoms with Crippen molar-refractivity contribution in [2.45, 2.75) is 25.8 Å². The first-order valence-corrected chi connectivity index (χ1v) is 6.75. The van der Waals surface area contributed by atoms with Gasteiger partial charge in [0.1, 0.15) is 0 Å². The molecule has 1 aromatic carbocycles. The van der Waals surface area contributed by atoms with Crippen LogP contribution in [-0.2, 0) is 16.0 Å². The summed E-state index contributed by atoms with van der Waals surface area (Å²) in [6, 6.07) is 6.86. The zero-order valence-corrected chi connectivity index (χ0v) is 11.2. The smallest absolute Gasteiger partial charge is 0.332 e. The van der Waals surface area contributed by atoms with Gasteiger partial charge in [0, 0.05) is 23.9 Å². The Labute approximate surface area is 116 Å². The Morgan fingerprint density at radius 1 is 1.40 bits per heavy atom. The van der Waals surface area contributed by atoms with E-state index in [9.17, 15) is 14.7 Å². The third-order valence-electron chi connectivity index (χ3n) is 3.89. The molecule has 1 aliphatic rings. The first kappa shape index (κ1) is 12.7. The van der Waals surface area contributed by atoms with Crippen LogP contribution in [-0.4, -0.2) is 33.4 Å². The van der Waals surface area contributed by atoms with Crippen LogP contribution < -0.4 is 0 Å². The second-order valence-electron chi connectivity index (χ2n) is 4.99. The van der Waals surface area contributed by atoms with E-state index in [0.29, 0.717) is 25.1 Å². The number of H-pyrrole nitrogens is 1. The average Bonchev–Trinajstić information content (AvgIpc) is 2.83. The van der Waals surface area contributed by atoms with Gasteiger partial charge in [-0.1, -0.05) is 25.1 Å². The number of aromatic nitrogens is 1. The van der Waals surface area contributed by atoms with E-state index >= 15 is 0 Å². The maximum atomic E-state index is 12.0. The number of hydrogen-bond donors (Lipinski definition) is 2. The first-order chi connectivity index (χ1) is 9.63. The highest BCUT2D eigenvalue weighted by Crippen LogP contribution is 2.34. The molecule has 2 heterocycles. The molecule has 0 fully saturated rings. The molecular formula is C15H16N2O3. The number of carbonyl (C=O) groups is 2. The van der Waals surface area contributed by atoms with Gasteiger partial charge in [0.25, 0.3) is 0 Å². The fourth-order valence-electron chi connectivity index (χ4n) is 2.97. The molecule has 1 atom stereocenters. The summed E-state index contributed by atoms with van der Waals surface area (Å²) in [5.41, 5.74) is 2.59. The van der Waals surface area contributed by atoms with Gasteiger partial charge in [-0.2, -0.15) is 0 Å². The molecule has 20 heavy (non-hydrogen) atoms. The second kappa shape index (κ2) is 4.67. The van der Waals surface area contributed by atoms with Crippen molar-refractivity contribution < 1.29 is 14.7 Å². The van der Waals surface area contributed by atoms with Gasteiger partial charge in [-0.15, -0.1) is 0 Å². The maximum Gasteiger partial charge on any atom is 0.332 e. The summed E-state index contributed by atoms with van der Waals surface area (Å²) in [7, 11) is 0. The molecule has 1 aliphatic heterocycles. The third kappa shape index (κ3) is 1.78. The standard InChI is InChI=1S/C15H16N2O3/c1-2-12(18)17-8-7-10-9-5-3-4-6-11(9)16-13(10)14(17)15(19)20/h3-6,14,16H,2,7-8H2,1H3,(H,19,20). The van der Waals surface area contributed by atoms with Gasteiger partial charge in [0.2, 0.25) is 5.91 Å². The van der Waals surface area contributed by atoms with Crippen molar-refractivity contribution in [3.63, 3.8) is 0 Å². The lowest BCUT2D eigenvalue weighted by molar-refractivity contribution is -0.151. The minimum atomic E-state index is -0.987. The number of rotatable bonds is 2. The van der Waals surface area contributed by atoms with E-state index in [2.05, 4.69) is 4.98 Å². The molecule has 0 saturated heterocycles. The molecule has 5 heteroatoms. The van der Waals surface area contributed by atoms with Crippen LogP contribution in [0.15, 0.2) is 24.3 Å². The highest BCUT2D eigenvalue weighted by atomic mass is 16.4. The van der Waals surface area contributed by atoms with Crippen LogP contribution in [0.4, 0.5) is 0 Å². The van der Waals surface area contributed by atoms with Crippen molar-refractivity contribution in [2.24, 2.45) is 0 Å². The van der Waals surface area contributed by atoms with E-state index in [0.717, 1.165) is 16.5 Å². The molecule has 2 N–H and O–H groups in total. The van der Waals surface area contributed by atoms with Gasteiger partial charge in [-0.05, 0) is 18.1 Å². The number of carbonyl (C=O) groups excluding carboxylic acids is 1. The Kier molecular flexibility index (Phi) is 2.97. The van der Waals surface area contributed by atoms with E-state index in [1.54, 1.807) is 6.92 Å². The number of para-hydroxylation sites is 1. The van der Waals surface area contributed by atoms with E-state index in [1.165, 1.54) is 4.90 Å². The van der Waals surface area contributed by atoms with Crippen molar-refractivity contribution in [1.29, 1.82) is 0 Å². The van der Waals surface area contributed by atoms with Crippen LogP contribution in [0.1, 0.15) is 30.6 Å². The number of carboxylic acid groups (broad SMARTS) is 1. The van der Waals surface area contributed by atoms with E-state index in [-0.39, 0.29) is 5.91 Å². The summed E-state index contributed by atoms with van der Waals surface area (Å²) < 4.78 is 0. The number of hydrogen-bond acceptors (Lipinski definition) is 2. The minimum Gasteiger partial charge on any atom is -0.479 e. The zero-order chi connectivity index (χ0) is 14.3. The molecule has 2 aromatic rings. The summed E-state index contributed by atoms with van der Waals surface area (Å²) in [5, 5.41) is 10.6. The molecule has 1 aromatic heterocycles. The molecule has 0 saturated carbocycles. The number of nitrogens with zero attached hydrogens (tertiary/aromatic N) is 1. The van der Waals surface area contributed by atoms with Crippen molar-refractivity contribution in [2.75, 3.05) is 6.54 Å². The van der Waals surface area contributed by atoms with Crippen LogP contribution in [0.3, 0.4) is 0 Å². The molecule has 1 unspecified atom stereocenters. The molecular weight excluding hydrogens is 256 g/mol. The molecule has 104 valence electrons. The monoisotopic (exact) mass is 272 g/mol. The first-order valence-electron chi connectivity index (χ1n) is 6.75. The molecule has 0 radical (unpaired) electrons. The van der Waals surface area contributed by atoms with Crippen LogP contribution in [0, 0.1) is 0 Å². The van der Waals surface area contributed by atoms with Crippen LogP contribution in [0.2, 0.25) is 0 Å². The normalized spacial score (nSPS) is 18.1. The molecule has 3 rings (SSSR count). The summed E-state index contributed by atoms with van der Waals surface area (Å²) >= 11 is 0. The van der Waals surface area contributed by atoms with E-state index in [4.69, 9.17) is 0 Å². The van der Waals surface area contributed by atoms with Gasteiger partial charge in [-0.3, -0.25) is 4.79 Å². The van der Waals surface area contributed by atoms with Gasteiger partial charge < -0.3 is 15.0 Å². The molecule has 0 spiro atoms. The Balaban J connectivity index is 2.16. The molecule has 0 aliphatic carbocycles. The van der Waals surface area contributed by atoms with Crippen LogP contribution in [0.25, 0.3) is 10.9 Å². The van der Waals surface area contributed by atoms with E-state index < -0.39 is 12.0 Å². The fourth-order valence-corrected chi connectivity index (χ4v) is 2.97. The average molecular weight is 272 g/mol. The SMILES string of the molecule is CCC(=O)N1CCc2c([nH]c3ccccc23)C1C(=O)O. The van der Waals surface area contributed by atoms with Crippen molar-refractivity contribution in [1.82, 2.24) is 9.88 Å². The summed E-state index contributed by atoms with van der Waals surface area (Å²) in [4.78, 5) is 28.2. The number of aliphatic carboxylic acids is 1. The number of fused-ring (bicyclic) bond motifs is 3. The largest absolute Gasteiger partial charge is 0.479 e. The Hall–Kier alpha value is -2.30. The lowest BCUT2D eigenvalue weighted by Crippen LogP contribution is -2.43. The lowest BCUT2D eigenvalue weighted by atomic mass is 9.97. The topological polar surface area (TPSA) is 73.4 Å². The Morgan fingerprint density at radius 3 is 2.85 bits per heavy atom. The minimum absolute atomic E-state index is 0.123. The summed E-state index contributed by atoms with van der Waals surface area (Å²) in [6.45, 7) is 2.21. The van der Waals surface area contributed by atoms with Crippen LogP contribution in [0.5, 0.6) is 0 Å². The second-order valence-corrected chi connectivity index (χ2v) is 4.99. The van der Waals surface area contributed by atoms with Gasteiger partial charge in [0.05, 0.1) is 5.69 Å². The fraction of sp³-hybridized carbons (Fsp3) is 0.333. The predicted molar refractivity (Wildman–Crippen MR) is 74.4 cm³/mol. The van der Waals surface area contributed by atoms with Gasteiger partial charge in [0.15, 0.2) is 6.04 Å². The van der Waals surface area contributed by atoms with Gasteiger partial charge >= 0.3 is 5.97 Å².